The van der Waals surface area contributed by atoms with E-state index in [0.717, 1.165) is 35.7 Å². The SMILES string of the molecule is CC(C)(C)C1=CCCC1C(C)(C)C.CC(C)(C)C1=CCCC1C(C)(C)C.CC(C)(C)C1C2C=CC(C2)N1C(C)(C)C.CC(C)(C)c1nccn1C(C)(C)C.CC(C)N1CCC1C(C)(C)C. The first-order valence-electron chi connectivity index (χ1n) is 26.5. The van der Waals surface area contributed by atoms with Crippen molar-refractivity contribution < 1.29 is 0 Å². The minimum Gasteiger partial charge on any atom is -0.329 e. The Balaban J connectivity index is 0.000000280. The van der Waals surface area contributed by atoms with Crippen molar-refractivity contribution in [3.63, 3.8) is 0 Å². The van der Waals surface area contributed by atoms with E-state index >= 15 is 0 Å². The summed E-state index contributed by atoms with van der Waals surface area (Å²) < 4.78 is 2.24. The summed E-state index contributed by atoms with van der Waals surface area (Å²) >= 11 is 0. The smallest absolute Gasteiger partial charge is 0.114 e. The highest BCUT2D eigenvalue weighted by atomic mass is 15.3. The summed E-state index contributed by atoms with van der Waals surface area (Å²) in [5, 5.41) is 0. The van der Waals surface area contributed by atoms with Crippen LogP contribution in [0.15, 0.2) is 47.8 Å². The fourth-order valence-electron chi connectivity index (χ4n) is 11.8. The van der Waals surface area contributed by atoms with Gasteiger partial charge in [-0.25, -0.2) is 4.98 Å². The lowest BCUT2D eigenvalue weighted by molar-refractivity contribution is -0.0127. The van der Waals surface area contributed by atoms with Gasteiger partial charge in [0.2, 0.25) is 0 Å². The number of rotatable bonds is 1. The molecule has 6 rings (SSSR count). The molecule has 378 valence electrons. The Hall–Kier alpha value is -1.65. The first-order valence-corrected chi connectivity index (χ1v) is 26.5. The van der Waals surface area contributed by atoms with Gasteiger partial charge in [0.25, 0.3) is 0 Å². The predicted molar refractivity (Wildman–Crippen MR) is 291 cm³/mol. The maximum Gasteiger partial charge on any atom is 0.114 e. The predicted octanol–water partition coefficient (Wildman–Crippen LogP) is 17.7. The maximum atomic E-state index is 4.42. The molecular weight excluding hydrogens is 789 g/mol. The number of hydrogen-bond donors (Lipinski definition) is 0. The molecule has 6 atom stereocenters. The van der Waals surface area contributed by atoms with Gasteiger partial charge in [-0.05, 0) is 144 Å². The molecule has 1 aromatic heterocycles. The number of nitrogens with zero attached hydrogens (tertiary/aromatic N) is 4. The lowest BCUT2D eigenvalue weighted by Gasteiger charge is -2.50. The van der Waals surface area contributed by atoms with Gasteiger partial charge in [-0.1, -0.05) is 181 Å². The minimum absolute atomic E-state index is 0.122. The van der Waals surface area contributed by atoms with Crippen molar-refractivity contribution in [2.75, 3.05) is 6.54 Å². The minimum atomic E-state index is 0.122. The molecule has 0 aromatic carbocycles. The number of allylic oxidation sites excluding steroid dienone is 4. The zero-order chi connectivity index (χ0) is 50.9. The topological polar surface area (TPSA) is 24.3 Å². The summed E-state index contributed by atoms with van der Waals surface area (Å²) in [5.41, 5.74) is 6.38. The standard InChI is InChI=1S/C14H25N.2C13H24.C11H20N2.C10H21N/c1-13(2,3)12-10-7-8-11(9-10)15(12)14(4,5)6;2*1-12(2,3)10-8-7-9-11(10)13(4,5)6;1-10(2,3)9-12-7-8-13(9)11(4,5)6;1-8(2)11-7-6-9(11)10(3,4)5/h7-8,10-12H,9H2,1-6H3;2*8,11H,7,9H2,1-6H3;7-8H,1-6H3;8-9H,6-7H2,1-5H3. The molecule has 3 heterocycles. The fraction of sp³-hybridized carbons (Fsp3) is 0.852. The Morgan fingerprint density at radius 1 is 0.523 bits per heavy atom. The van der Waals surface area contributed by atoms with Crippen LogP contribution in [0.5, 0.6) is 0 Å². The molecule has 2 saturated heterocycles. The van der Waals surface area contributed by atoms with Gasteiger partial charge in [-0.3, -0.25) is 9.80 Å². The van der Waals surface area contributed by atoms with Crippen molar-refractivity contribution in [2.24, 2.45) is 50.2 Å². The van der Waals surface area contributed by atoms with Crippen LogP contribution in [0.25, 0.3) is 0 Å². The van der Waals surface area contributed by atoms with Crippen LogP contribution in [0.4, 0.5) is 0 Å². The van der Waals surface area contributed by atoms with Crippen molar-refractivity contribution in [3.05, 3.63) is 53.7 Å². The number of aromatic nitrogens is 2. The monoisotopic (exact) mass is 903 g/mol. The van der Waals surface area contributed by atoms with Crippen LogP contribution in [0.2, 0.25) is 0 Å². The molecule has 0 radical (unpaired) electrons. The summed E-state index contributed by atoms with van der Waals surface area (Å²) in [4.78, 5) is 9.75. The van der Waals surface area contributed by atoms with Gasteiger partial charge >= 0.3 is 0 Å². The van der Waals surface area contributed by atoms with E-state index in [4.69, 9.17) is 0 Å². The van der Waals surface area contributed by atoms with Gasteiger partial charge in [0.15, 0.2) is 0 Å². The Labute approximate surface area is 408 Å². The van der Waals surface area contributed by atoms with Crippen molar-refractivity contribution in [1.29, 1.82) is 0 Å². The third-order valence-corrected chi connectivity index (χ3v) is 14.8. The van der Waals surface area contributed by atoms with Crippen molar-refractivity contribution >= 4 is 0 Å². The molecule has 3 aliphatic carbocycles. The first kappa shape index (κ1) is 59.5. The van der Waals surface area contributed by atoms with Crippen molar-refractivity contribution in [1.82, 2.24) is 19.4 Å². The molecule has 0 spiro atoms. The average Bonchev–Trinajstić information content (AvgIpc) is 3.88. The second-order valence-corrected chi connectivity index (χ2v) is 30.6. The second kappa shape index (κ2) is 21.1. The number of hydrogen-bond acceptors (Lipinski definition) is 3. The third-order valence-electron chi connectivity index (χ3n) is 14.8. The van der Waals surface area contributed by atoms with Crippen LogP contribution >= 0.6 is 0 Å². The van der Waals surface area contributed by atoms with Gasteiger partial charge in [0, 0.05) is 59.6 Å². The van der Waals surface area contributed by atoms with E-state index in [-0.39, 0.29) is 11.0 Å². The average molecular weight is 904 g/mol. The molecule has 0 saturated carbocycles. The van der Waals surface area contributed by atoms with Crippen LogP contribution in [-0.2, 0) is 11.0 Å². The second-order valence-electron chi connectivity index (χ2n) is 30.6. The first-order chi connectivity index (χ1) is 28.8. The molecule has 0 amide bonds. The van der Waals surface area contributed by atoms with Gasteiger partial charge in [0.05, 0.1) is 0 Å². The van der Waals surface area contributed by atoms with E-state index in [1.54, 1.807) is 11.1 Å². The highest BCUT2D eigenvalue weighted by molar-refractivity contribution is 5.23. The Kier molecular flexibility index (Phi) is 19.3. The lowest BCUT2D eigenvalue weighted by atomic mass is 9.69. The molecule has 0 N–H and O–H groups in total. The Morgan fingerprint density at radius 3 is 1.20 bits per heavy atom. The highest BCUT2D eigenvalue weighted by Crippen LogP contribution is 2.50. The molecule has 2 fully saturated rings. The van der Waals surface area contributed by atoms with Gasteiger partial charge in [0.1, 0.15) is 5.82 Å². The van der Waals surface area contributed by atoms with Crippen LogP contribution < -0.4 is 0 Å². The number of imidazole rings is 1. The molecule has 5 aliphatic rings. The van der Waals surface area contributed by atoms with Gasteiger partial charge < -0.3 is 4.57 Å². The van der Waals surface area contributed by atoms with E-state index in [0.29, 0.717) is 50.1 Å². The molecule has 6 unspecified atom stereocenters. The largest absolute Gasteiger partial charge is 0.329 e. The number of likely N-dealkylation sites (tertiary alicyclic amines) is 2. The zero-order valence-electron chi connectivity index (χ0n) is 49.2. The molecule has 2 aliphatic heterocycles. The summed E-state index contributed by atoms with van der Waals surface area (Å²) in [7, 11) is 0. The van der Waals surface area contributed by atoms with E-state index < -0.39 is 0 Å². The normalized spacial score (nSPS) is 25.6. The van der Waals surface area contributed by atoms with Crippen molar-refractivity contribution in [2.45, 2.75) is 280 Å². The third kappa shape index (κ3) is 16.8. The summed E-state index contributed by atoms with van der Waals surface area (Å²) in [6, 6.07) is 2.96. The lowest BCUT2D eigenvalue weighted by Crippen LogP contribution is -2.57. The van der Waals surface area contributed by atoms with E-state index in [2.05, 4.69) is 251 Å². The van der Waals surface area contributed by atoms with E-state index in [1.807, 2.05) is 6.20 Å². The van der Waals surface area contributed by atoms with Crippen LogP contribution in [0.1, 0.15) is 245 Å². The Bertz CT molecular complexity index is 1590. The van der Waals surface area contributed by atoms with E-state index in [9.17, 15) is 0 Å². The number of fused-ring (bicyclic) bond motifs is 2. The summed E-state index contributed by atoms with van der Waals surface area (Å²) in [6.07, 6.45) is 21.8. The van der Waals surface area contributed by atoms with Crippen LogP contribution in [0, 0.1) is 50.2 Å². The molecule has 1 aromatic rings. The zero-order valence-corrected chi connectivity index (χ0v) is 49.2. The summed E-state index contributed by atoms with van der Waals surface area (Å²) in [5.74, 6) is 3.54. The van der Waals surface area contributed by atoms with Crippen LogP contribution in [0.3, 0.4) is 0 Å². The summed E-state index contributed by atoms with van der Waals surface area (Å²) in [6.45, 7) is 68.5. The molecule has 4 heteroatoms. The van der Waals surface area contributed by atoms with E-state index in [1.165, 1.54) is 45.1 Å². The molecular formula is C61H114N4. The maximum absolute atomic E-state index is 4.42. The van der Waals surface area contributed by atoms with Gasteiger partial charge in [-0.15, -0.1) is 0 Å². The fourth-order valence-corrected chi connectivity index (χ4v) is 11.8. The van der Waals surface area contributed by atoms with Crippen molar-refractivity contribution in [3.8, 4) is 0 Å². The van der Waals surface area contributed by atoms with Gasteiger partial charge in [-0.2, -0.15) is 0 Å². The molecule has 4 nitrogen and oxygen atoms in total. The molecule has 2 bridgehead atoms. The van der Waals surface area contributed by atoms with Crippen LogP contribution in [-0.4, -0.2) is 55.6 Å². The molecule has 65 heavy (non-hydrogen) atoms. The Morgan fingerprint density at radius 2 is 0.969 bits per heavy atom. The highest BCUT2D eigenvalue weighted by Gasteiger charge is 2.51. The quantitative estimate of drug-likeness (QED) is 0.263.